The van der Waals surface area contributed by atoms with Crippen LogP contribution in [0.25, 0.3) is 0 Å². The number of carbonyl (C=O) groups excluding carboxylic acids is 1. The lowest BCUT2D eigenvalue weighted by Crippen LogP contribution is -2.48. The molecule has 1 saturated heterocycles. The minimum atomic E-state index is -0.823. The number of aliphatic carboxylic acids is 1. The summed E-state index contributed by atoms with van der Waals surface area (Å²) in [5.41, 5.74) is -0.807. The second kappa shape index (κ2) is 5.47. The summed E-state index contributed by atoms with van der Waals surface area (Å²) in [6.45, 7) is 2.67. The Hall–Kier alpha value is -1.78. The summed E-state index contributed by atoms with van der Waals surface area (Å²) in [4.78, 5) is 25.0. The molecule has 1 unspecified atom stereocenters. The van der Waals surface area contributed by atoms with E-state index in [0.29, 0.717) is 32.4 Å². The zero-order chi connectivity index (χ0) is 13.9. The average Bonchev–Trinajstić information content (AvgIpc) is 2.89. The maximum atomic E-state index is 12.1. The van der Waals surface area contributed by atoms with Crippen LogP contribution in [0.2, 0.25) is 0 Å². The fraction of sp³-hybridized carbons (Fsp3) is 0.571. The maximum absolute atomic E-state index is 12.1. The van der Waals surface area contributed by atoms with Crippen LogP contribution in [-0.2, 0) is 16.0 Å². The van der Waals surface area contributed by atoms with Gasteiger partial charge in [-0.3, -0.25) is 9.59 Å². The summed E-state index contributed by atoms with van der Waals surface area (Å²) in [6.07, 6.45) is 3.89. The standard InChI is InChI=1S/C14H19NO4/c1-14(13(17)18)7-3-8-15(10-14)12(16)6-5-11-4-2-9-19-11/h2,4,9H,3,5-8,10H2,1H3,(H,17,18). The van der Waals surface area contributed by atoms with Crippen molar-refractivity contribution in [2.45, 2.75) is 32.6 Å². The molecule has 1 aliphatic heterocycles. The number of likely N-dealkylation sites (tertiary alicyclic amines) is 1. The number of nitrogens with zero attached hydrogens (tertiary/aromatic N) is 1. The van der Waals surface area contributed by atoms with Crippen molar-refractivity contribution in [1.29, 1.82) is 0 Å². The third-order valence-electron chi connectivity index (χ3n) is 3.73. The number of piperidine rings is 1. The number of hydrogen-bond acceptors (Lipinski definition) is 3. The van der Waals surface area contributed by atoms with E-state index in [0.717, 1.165) is 12.2 Å². The van der Waals surface area contributed by atoms with Crippen molar-refractivity contribution in [3.05, 3.63) is 24.2 Å². The fourth-order valence-corrected chi connectivity index (χ4v) is 2.47. The smallest absolute Gasteiger partial charge is 0.311 e. The molecule has 1 aliphatic rings. The molecule has 0 radical (unpaired) electrons. The number of aryl methyl sites for hydroxylation is 1. The minimum absolute atomic E-state index is 0.00331. The Labute approximate surface area is 112 Å². The predicted octanol–water partition coefficient (Wildman–Crippen LogP) is 1.93. The lowest BCUT2D eigenvalue weighted by atomic mass is 9.82. The zero-order valence-corrected chi connectivity index (χ0v) is 11.1. The van der Waals surface area contributed by atoms with E-state index in [2.05, 4.69) is 0 Å². The maximum Gasteiger partial charge on any atom is 0.311 e. The summed E-state index contributed by atoms with van der Waals surface area (Å²) in [5.74, 6) is -0.0361. The summed E-state index contributed by atoms with van der Waals surface area (Å²) in [5, 5.41) is 9.22. The summed E-state index contributed by atoms with van der Waals surface area (Å²) in [6, 6.07) is 3.63. The van der Waals surface area contributed by atoms with E-state index in [1.807, 2.05) is 6.07 Å². The molecule has 0 aliphatic carbocycles. The van der Waals surface area contributed by atoms with Gasteiger partial charge in [-0.2, -0.15) is 0 Å². The molecule has 1 amide bonds. The number of rotatable bonds is 4. The molecule has 104 valence electrons. The van der Waals surface area contributed by atoms with Gasteiger partial charge >= 0.3 is 5.97 Å². The molecule has 0 saturated carbocycles. The third-order valence-corrected chi connectivity index (χ3v) is 3.73. The van der Waals surface area contributed by atoms with Gasteiger partial charge in [-0.25, -0.2) is 0 Å². The van der Waals surface area contributed by atoms with Crippen molar-refractivity contribution in [2.24, 2.45) is 5.41 Å². The van der Waals surface area contributed by atoms with Gasteiger partial charge in [0.25, 0.3) is 0 Å². The summed E-state index contributed by atoms with van der Waals surface area (Å²) < 4.78 is 5.19. The van der Waals surface area contributed by atoms with E-state index >= 15 is 0 Å². The van der Waals surface area contributed by atoms with Crippen LogP contribution in [0.4, 0.5) is 0 Å². The molecule has 1 aromatic rings. The van der Waals surface area contributed by atoms with E-state index < -0.39 is 11.4 Å². The molecule has 1 aromatic heterocycles. The highest BCUT2D eigenvalue weighted by atomic mass is 16.4. The number of carbonyl (C=O) groups is 2. The Balaban J connectivity index is 1.90. The number of amides is 1. The van der Waals surface area contributed by atoms with Crippen molar-refractivity contribution < 1.29 is 19.1 Å². The molecule has 1 atom stereocenters. The number of hydrogen-bond donors (Lipinski definition) is 1. The Bertz CT molecular complexity index is 454. The van der Waals surface area contributed by atoms with Crippen LogP contribution < -0.4 is 0 Å². The van der Waals surface area contributed by atoms with Gasteiger partial charge < -0.3 is 14.4 Å². The third kappa shape index (κ3) is 3.16. The van der Waals surface area contributed by atoms with Gasteiger partial charge in [0.1, 0.15) is 5.76 Å². The van der Waals surface area contributed by atoms with Crippen molar-refractivity contribution in [3.8, 4) is 0 Å². The van der Waals surface area contributed by atoms with Crippen LogP contribution in [0.1, 0.15) is 31.9 Å². The molecule has 0 aromatic carbocycles. The van der Waals surface area contributed by atoms with Gasteiger partial charge in [-0.15, -0.1) is 0 Å². The molecule has 0 spiro atoms. The van der Waals surface area contributed by atoms with Crippen LogP contribution in [0.15, 0.2) is 22.8 Å². The van der Waals surface area contributed by atoms with E-state index in [1.165, 1.54) is 0 Å². The van der Waals surface area contributed by atoms with E-state index in [4.69, 9.17) is 4.42 Å². The Morgan fingerprint density at radius 2 is 2.32 bits per heavy atom. The molecule has 2 rings (SSSR count). The van der Waals surface area contributed by atoms with Crippen molar-refractivity contribution in [3.63, 3.8) is 0 Å². The van der Waals surface area contributed by atoms with Crippen LogP contribution >= 0.6 is 0 Å². The first-order valence-electron chi connectivity index (χ1n) is 6.55. The molecular weight excluding hydrogens is 246 g/mol. The first-order chi connectivity index (χ1) is 9.01. The molecule has 1 N–H and O–H groups in total. The van der Waals surface area contributed by atoms with Crippen LogP contribution in [-0.4, -0.2) is 35.0 Å². The van der Waals surface area contributed by atoms with Crippen LogP contribution in [0.3, 0.4) is 0 Å². The number of carboxylic acid groups (broad SMARTS) is 1. The quantitative estimate of drug-likeness (QED) is 0.903. The first-order valence-corrected chi connectivity index (χ1v) is 6.55. The minimum Gasteiger partial charge on any atom is -0.481 e. The second-order valence-corrected chi connectivity index (χ2v) is 5.36. The summed E-state index contributed by atoms with van der Waals surface area (Å²) >= 11 is 0. The molecular formula is C14H19NO4. The SMILES string of the molecule is CC1(C(=O)O)CCCN(C(=O)CCc2ccco2)C1. The van der Waals surface area contributed by atoms with E-state index in [1.54, 1.807) is 24.2 Å². The molecule has 5 nitrogen and oxygen atoms in total. The number of furan rings is 1. The molecule has 0 bridgehead atoms. The van der Waals surface area contributed by atoms with Gasteiger partial charge in [0.15, 0.2) is 0 Å². The predicted molar refractivity (Wildman–Crippen MR) is 68.6 cm³/mol. The molecule has 2 heterocycles. The molecule has 19 heavy (non-hydrogen) atoms. The van der Waals surface area contributed by atoms with E-state index in [-0.39, 0.29) is 5.91 Å². The monoisotopic (exact) mass is 265 g/mol. The lowest BCUT2D eigenvalue weighted by molar-refractivity contribution is -0.153. The topological polar surface area (TPSA) is 70.8 Å². The summed E-state index contributed by atoms with van der Waals surface area (Å²) in [7, 11) is 0. The van der Waals surface area contributed by atoms with Gasteiger partial charge in [0.05, 0.1) is 11.7 Å². The van der Waals surface area contributed by atoms with Crippen LogP contribution in [0.5, 0.6) is 0 Å². The van der Waals surface area contributed by atoms with Gasteiger partial charge in [-0.1, -0.05) is 0 Å². The Morgan fingerprint density at radius 1 is 1.53 bits per heavy atom. The largest absolute Gasteiger partial charge is 0.481 e. The van der Waals surface area contributed by atoms with Crippen molar-refractivity contribution in [2.75, 3.05) is 13.1 Å². The highest BCUT2D eigenvalue weighted by Gasteiger charge is 2.39. The second-order valence-electron chi connectivity index (χ2n) is 5.36. The van der Waals surface area contributed by atoms with Gasteiger partial charge in [0.2, 0.25) is 5.91 Å². The van der Waals surface area contributed by atoms with Gasteiger partial charge in [0, 0.05) is 25.9 Å². The number of carboxylic acids is 1. The van der Waals surface area contributed by atoms with Crippen molar-refractivity contribution >= 4 is 11.9 Å². The van der Waals surface area contributed by atoms with Crippen molar-refractivity contribution in [1.82, 2.24) is 4.90 Å². The normalized spacial score (nSPS) is 23.3. The Morgan fingerprint density at radius 3 is 2.95 bits per heavy atom. The van der Waals surface area contributed by atoms with Crippen LogP contribution in [0, 0.1) is 5.41 Å². The zero-order valence-electron chi connectivity index (χ0n) is 11.1. The fourth-order valence-electron chi connectivity index (χ4n) is 2.47. The first kappa shape index (κ1) is 13.6. The molecule has 1 fully saturated rings. The molecule has 5 heteroatoms. The van der Waals surface area contributed by atoms with Gasteiger partial charge in [-0.05, 0) is 31.9 Å². The highest BCUT2D eigenvalue weighted by molar-refractivity contribution is 5.79. The average molecular weight is 265 g/mol. The lowest BCUT2D eigenvalue weighted by Gasteiger charge is -2.37. The van der Waals surface area contributed by atoms with E-state index in [9.17, 15) is 14.7 Å². The Kier molecular flexibility index (Phi) is 3.93. The highest BCUT2D eigenvalue weighted by Crippen LogP contribution is 2.30.